The van der Waals surface area contributed by atoms with Crippen LogP contribution in [0, 0.1) is 11.8 Å². The quantitative estimate of drug-likeness (QED) is 0.0344. The van der Waals surface area contributed by atoms with Gasteiger partial charge in [0.05, 0.1) is 0 Å². The van der Waals surface area contributed by atoms with Gasteiger partial charge < -0.3 is 14.2 Å². The molecule has 1 unspecified atom stereocenters. The van der Waals surface area contributed by atoms with Crippen LogP contribution in [0.2, 0.25) is 0 Å². The molecular weight excluding hydrogens is 769 g/mol. The molecule has 6 heteroatoms. The third kappa shape index (κ3) is 47.9. The van der Waals surface area contributed by atoms with Crippen LogP contribution in [0.3, 0.4) is 0 Å². The minimum atomic E-state index is -0.761. The Labute approximate surface area is 387 Å². The monoisotopic (exact) mass is 877 g/mol. The second-order valence-corrected chi connectivity index (χ2v) is 19.9. The number of hydrogen-bond acceptors (Lipinski definition) is 6. The van der Waals surface area contributed by atoms with Crippen molar-refractivity contribution in [3.8, 4) is 0 Å². The molecule has 0 heterocycles. The Morgan fingerprint density at radius 1 is 0.339 bits per heavy atom. The van der Waals surface area contributed by atoms with Gasteiger partial charge in [0.1, 0.15) is 13.2 Å². The normalized spacial score (nSPS) is 12.5. The van der Waals surface area contributed by atoms with Crippen molar-refractivity contribution in [2.24, 2.45) is 11.8 Å². The van der Waals surface area contributed by atoms with E-state index in [-0.39, 0.29) is 31.1 Å². The Balaban J connectivity index is 4.17. The molecule has 0 aliphatic heterocycles. The molecule has 6 nitrogen and oxygen atoms in total. The van der Waals surface area contributed by atoms with E-state index < -0.39 is 6.10 Å². The number of carbonyl (C=O) groups is 3. The predicted octanol–water partition coefficient (Wildman–Crippen LogP) is 18.1. The van der Waals surface area contributed by atoms with Gasteiger partial charge in [-0.3, -0.25) is 14.4 Å². The van der Waals surface area contributed by atoms with Crippen molar-refractivity contribution in [1.82, 2.24) is 0 Å². The van der Waals surface area contributed by atoms with Gasteiger partial charge in [-0.15, -0.1) is 0 Å². The first-order chi connectivity index (χ1) is 30.3. The van der Waals surface area contributed by atoms with E-state index in [1.807, 2.05) is 0 Å². The molecule has 0 spiro atoms. The third-order valence-corrected chi connectivity index (χ3v) is 13.1. The van der Waals surface area contributed by atoms with Gasteiger partial charge in [-0.2, -0.15) is 0 Å². The molecule has 0 rings (SSSR count). The lowest BCUT2D eigenvalue weighted by Gasteiger charge is -2.18. The van der Waals surface area contributed by atoms with E-state index in [9.17, 15) is 14.4 Å². The maximum absolute atomic E-state index is 12.8. The van der Waals surface area contributed by atoms with E-state index in [0.29, 0.717) is 19.3 Å². The third-order valence-electron chi connectivity index (χ3n) is 13.1. The summed E-state index contributed by atoms with van der Waals surface area (Å²) >= 11 is 0. The molecule has 368 valence electrons. The molecular formula is C56H108O6. The zero-order valence-electron chi connectivity index (χ0n) is 42.5. The van der Waals surface area contributed by atoms with Crippen molar-refractivity contribution in [1.29, 1.82) is 0 Å². The van der Waals surface area contributed by atoms with Gasteiger partial charge in [0.2, 0.25) is 0 Å². The minimum Gasteiger partial charge on any atom is -0.462 e. The van der Waals surface area contributed by atoms with Crippen molar-refractivity contribution in [3.63, 3.8) is 0 Å². The van der Waals surface area contributed by atoms with Crippen LogP contribution in [0.4, 0.5) is 0 Å². The van der Waals surface area contributed by atoms with E-state index in [1.54, 1.807) is 0 Å². The lowest BCUT2D eigenvalue weighted by molar-refractivity contribution is -0.167. The molecule has 0 fully saturated rings. The SMILES string of the molecule is CCCCCCCCCCCCCC(=O)O[C@H](COC(=O)CCCCCCCCCCCCCCCCCCCCC(C)CC)COC(=O)CCCCCCCCCCC(C)C. The largest absolute Gasteiger partial charge is 0.462 e. The Morgan fingerprint density at radius 3 is 0.919 bits per heavy atom. The van der Waals surface area contributed by atoms with E-state index in [2.05, 4.69) is 34.6 Å². The number of esters is 3. The highest BCUT2D eigenvalue weighted by Gasteiger charge is 2.19. The maximum Gasteiger partial charge on any atom is 0.306 e. The molecule has 0 aliphatic carbocycles. The van der Waals surface area contributed by atoms with Crippen LogP contribution in [-0.2, 0) is 28.6 Å². The van der Waals surface area contributed by atoms with E-state index in [1.165, 1.54) is 199 Å². The summed E-state index contributed by atoms with van der Waals surface area (Å²) in [5.41, 5.74) is 0. The van der Waals surface area contributed by atoms with E-state index in [4.69, 9.17) is 14.2 Å². The fourth-order valence-corrected chi connectivity index (χ4v) is 8.49. The van der Waals surface area contributed by atoms with Gasteiger partial charge in [0.15, 0.2) is 6.10 Å². The average molecular weight is 877 g/mol. The highest BCUT2D eigenvalue weighted by Crippen LogP contribution is 2.18. The molecule has 0 bridgehead atoms. The molecule has 62 heavy (non-hydrogen) atoms. The van der Waals surface area contributed by atoms with Gasteiger partial charge >= 0.3 is 17.9 Å². The van der Waals surface area contributed by atoms with Gasteiger partial charge in [0, 0.05) is 19.3 Å². The lowest BCUT2D eigenvalue weighted by Crippen LogP contribution is -2.30. The topological polar surface area (TPSA) is 78.9 Å². The average Bonchev–Trinajstić information content (AvgIpc) is 3.26. The second-order valence-electron chi connectivity index (χ2n) is 19.9. The summed E-state index contributed by atoms with van der Waals surface area (Å²) in [5.74, 6) is 0.860. The maximum atomic E-state index is 12.8. The molecule has 0 radical (unpaired) electrons. The summed E-state index contributed by atoms with van der Waals surface area (Å²) in [4.78, 5) is 38.0. The second kappa shape index (κ2) is 48.9. The Hall–Kier alpha value is -1.59. The van der Waals surface area contributed by atoms with Crippen molar-refractivity contribution >= 4 is 17.9 Å². The molecule has 0 aliphatic rings. The van der Waals surface area contributed by atoms with E-state index >= 15 is 0 Å². The summed E-state index contributed by atoms with van der Waals surface area (Å²) in [6.07, 6.45) is 51.0. The molecule has 0 aromatic heterocycles. The van der Waals surface area contributed by atoms with Gasteiger partial charge in [-0.25, -0.2) is 0 Å². The number of carbonyl (C=O) groups excluding carboxylic acids is 3. The van der Waals surface area contributed by atoms with Crippen LogP contribution in [0.25, 0.3) is 0 Å². The first kappa shape index (κ1) is 60.4. The van der Waals surface area contributed by atoms with Crippen molar-refractivity contribution < 1.29 is 28.6 Å². The summed E-state index contributed by atoms with van der Waals surface area (Å²) in [5, 5.41) is 0. The Kier molecular flexibility index (Phi) is 47.6. The van der Waals surface area contributed by atoms with Crippen LogP contribution < -0.4 is 0 Å². The number of hydrogen-bond donors (Lipinski definition) is 0. The molecule has 0 amide bonds. The molecule has 0 aromatic carbocycles. The first-order valence-corrected chi connectivity index (χ1v) is 27.8. The standard InChI is InChI=1S/C56H108O6/c1-6-8-9-10-11-12-21-26-33-38-43-48-56(59)62-53(50-61-55(58)47-42-37-32-28-27-29-34-39-44-51(3)4)49-60-54(57)46-41-36-31-25-23-20-18-16-14-13-15-17-19-22-24-30-35-40-45-52(5)7-2/h51-53H,6-50H2,1-5H3/t52?,53-/m1/s1. The minimum absolute atomic E-state index is 0.0635. The fourth-order valence-electron chi connectivity index (χ4n) is 8.49. The van der Waals surface area contributed by atoms with Crippen LogP contribution in [0.5, 0.6) is 0 Å². The number of rotatable bonds is 50. The molecule has 2 atom stereocenters. The predicted molar refractivity (Wildman–Crippen MR) is 266 cm³/mol. The summed E-state index contributed by atoms with van der Waals surface area (Å²) in [6.45, 7) is 11.4. The van der Waals surface area contributed by atoms with Gasteiger partial charge in [-0.05, 0) is 31.1 Å². The molecule has 0 aromatic rings. The highest BCUT2D eigenvalue weighted by molar-refractivity contribution is 5.71. The summed E-state index contributed by atoms with van der Waals surface area (Å²) < 4.78 is 16.8. The number of unbranched alkanes of at least 4 members (excludes halogenated alkanes) is 34. The summed E-state index contributed by atoms with van der Waals surface area (Å²) in [7, 11) is 0. The Bertz CT molecular complexity index is 949. The van der Waals surface area contributed by atoms with Crippen molar-refractivity contribution in [2.45, 2.75) is 317 Å². The lowest BCUT2D eigenvalue weighted by atomic mass is 9.99. The van der Waals surface area contributed by atoms with Gasteiger partial charge in [0.25, 0.3) is 0 Å². The smallest absolute Gasteiger partial charge is 0.306 e. The van der Waals surface area contributed by atoms with E-state index in [0.717, 1.165) is 69.6 Å². The van der Waals surface area contributed by atoms with Crippen LogP contribution in [-0.4, -0.2) is 37.2 Å². The zero-order valence-corrected chi connectivity index (χ0v) is 42.5. The molecule has 0 saturated heterocycles. The molecule has 0 N–H and O–H groups in total. The van der Waals surface area contributed by atoms with Crippen LogP contribution in [0.1, 0.15) is 311 Å². The first-order valence-electron chi connectivity index (χ1n) is 27.8. The summed E-state index contributed by atoms with van der Waals surface area (Å²) in [6, 6.07) is 0. The Morgan fingerprint density at radius 2 is 0.613 bits per heavy atom. The number of ether oxygens (including phenoxy) is 3. The van der Waals surface area contributed by atoms with Crippen molar-refractivity contribution in [3.05, 3.63) is 0 Å². The fraction of sp³-hybridized carbons (Fsp3) is 0.946. The zero-order chi connectivity index (χ0) is 45.4. The highest BCUT2D eigenvalue weighted by atomic mass is 16.6. The van der Waals surface area contributed by atoms with Crippen LogP contribution in [0.15, 0.2) is 0 Å². The van der Waals surface area contributed by atoms with Gasteiger partial charge in [-0.1, -0.05) is 272 Å². The molecule has 0 saturated carbocycles. The van der Waals surface area contributed by atoms with Crippen LogP contribution >= 0.6 is 0 Å². The van der Waals surface area contributed by atoms with Crippen molar-refractivity contribution in [2.75, 3.05) is 13.2 Å².